The van der Waals surface area contributed by atoms with E-state index in [1.165, 1.54) is 12.8 Å². The van der Waals surface area contributed by atoms with Crippen LogP contribution in [-0.2, 0) is 0 Å². The van der Waals surface area contributed by atoms with Gasteiger partial charge in [-0.1, -0.05) is 26.7 Å². The Morgan fingerprint density at radius 3 is 1.00 bits per heavy atom. The van der Waals surface area contributed by atoms with Crippen LogP contribution in [0.25, 0.3) is 0 Å². The summed E-state index contributed by atoms with van der Waals surface area (Å²) in [6.07, 6.45) is 4.56. The Balaban J connectivity index is -0.0000000720. The molecule has 0 aromatic rings. The molecule has 0 heterocycles. The van der Waals surface area contributed by atoms with Crippen molar-refractivity contribution in [1.82, 2.24) is 0 Å². The molecule has 1 heteroatoms. The fraction of sp³-hybridized carbons (Fsp3) is 0.750. The molecule has 0 aromatic carbocycles. The second kappa shape index (κ2) is 23.2. The first-order chi connectivity index (χ1) is 3.83. The first-order valence-electron chi connectivity index (χ1n) is 3.41. The van der Waals surface area contributed by atoms with E-state index in [-0.39, 0.29) is 23.9 Å². The van der Waals surface area contributed by atoms with E-state index in [9.17, 15) is 0 Å². The Kier molecular flexibility index (Phi) is 42.4. The van der Waals surface area contributed by atoms with Crippen molar-refractivity contribution in [3.8, 4) is 0 Å². The Morgan fingerprint density at radius 2 is 1.00 bits per heavy atom. The molecule has 0 aliphatic rings. The van der Waals surface area contributed by atoms with Gasteiger partial charge in [0.15, 0.2) is 0 Å². The summed E-state index contributed by atoms with van der Waals surface area (Å²) in [5.74, 6) is 0. The first-order valence-corrected chi connectivity index (χ1v) is 3.41. The molecule has 0 nitrogen and oxygen atoms in total. The van der Waals surface area contributed by atoms with Gasteiger partial charge in [-0.05, 0) is 0 Å². The van der Waals surface area contributed by atoms with Gasteiger partial charge in [0.05, 0.1) is 0 Å². The molecule has 9 heavy (non-hydrogen) atoms. The van der Waals surface area contributed by atoms with Crippen molar-refractivity contribution in [3.05, 3.63) is 13.8 Å². The maximum absolute atomic E-state index is 3.60. The summed E-state index contributed by atoms with van der Waals surface area (Å²) in [6.45, 7) is 11.4. The zero-order chi connectivity index (χ0) is 6.83. The van der Waals surface area contributed by atoms with Gasteiger partial charge in [0.1, 0.15) is 0 Å². The van der Waals surface area contributed by atoms with E-state index >= 15 is 0 Å². The smallest absolute Gasteiger partial charge is 0.343 e. The molecule has 0 unspecified atom stereocenters. The van der Waals surface area contributed by atoms with Crippen LogP contribution in [0.15, 0.2) is 0 Å². The molecule has 0 fully saturated rings. The molecule has 0 spiro atoms. The van der Waals surface area contributed by atoms with Crippen LogP contribution >= 0.6 is 0 Å². The molecule has 0 N–H and O–H groups in total. The minimum Gasteiger partial charge on any atom is -0.343 e. The van der Waals surface area contributed by atoms with Gasteiger partial charge in [0, 0.05) is 0 Å². The zero-order valence-corrected chi connectivity index (χ0v) is 9.60. The maximum Gasteiger partial charge on any atom is 4.00 e. The minimum absolute atomic E-state index is 0. The van der Waals surface area contributed by atoms with Crippen molar-refractivity contribution >= 4 is 23.9 Å². The van der Waals surface area contributed by atoms with Crippen LogP contribution in [0.2, 0.25) is 0 Å². The third kappa shape index (κ3) is 51.9. The largest absolute Gasteiger partial charge is 4.00 e. The van der Waals surface area contributed by atoms with Crippen LogP contribution in [0.5, 0.6) is 0 Å². The van der Waals surface area contributed by atoms with Crippen LogP contribution in [-0.4, -0.2) is 23.9 Å². The third-order valence-electron chi connectivity index (χ3n) is 0.707. The molecular formula is C8H18Sn+2. The number of hydrogen-bond donors (Lipinski definition) is 0. The van der Waals surface area contributed by atoms with Gasteiger partial charge in [-0.2, -0.15) is 12.8 Å². The quantitative estimate of drug-likeness (QED) is 0.508. The van der Waals surface area contributed by atoms with Gasteiger partial charge < -0.3 is 13.8 Å². The van der Waals surface area contributed by atoms with E-state index < -0.39 is 0 Å². The fourth-order valence-corrected chi connectivity index (χ4v) is 0. The molecule has 0 aliphatic carbocycles. The van der Waals surface area contributed by atoms with Crippen LogP contribution in [0.4, 0.5) is 0 Å². The zero-order valence-electron chi connectivity index (χ0n) is 6.74. The van der Waals surface area contributed by atoms with Gasteiger partial charge in [0.25, 0.3) is 0 Å². The normalized spacial score (nSPS) is 6.67. The topological polar surface area (TPSA) is 0 Å². The van der Waals surface area contributed by atoms with E-state index in [0.29, 0.717) is 0 Å². The Hall–Kier alpha value is 0.799. The molecular weight excluding hydrogens is 215 g/mol. The van der Waals surface area contributed by atoms with Crippen LogP contribution in [0, 0.1) is 13.8 Å². The molecule has 0 atom stereocenters. The monoisotopic (exact) mass is 234 g/mol. The third-order valence-corrected chi connectivity index (χ3v) is 0.707. The molecule has 0 saturated heterocycles. The predicted molar refractivity (Wildman–Crippen MR) is 46.3 cm³/mol. The van der Waals surface area contributed by atoms with Gasteiger partial charge in [-0.25, -0.2) is 0 Å². The second-order valence-electron chi connectivity index (χ2n) is 1.71. The summed E-state index contributed by atoms with van der Waals surface area (Å²) in [7, 11) is 0. The number of unbranched alkanes of at least 4 members (excludes halogenated alkanes) is 2. The van der Waals surface area contributed by atoms with Gasteiger partial charge in [0.2, 0.25) is 0 Å². The SMILES string of the molecule is [CH2-]CCC.[CH2-]CCC.[Sn+4]. The van der Waals surface area contributed by atoms with Crippen molar-refractivity contribution in [2.24, 2.45) is 0 Å². The van der Waals surface area contributed by atoms with Gasteiger partial charge >= 0.3 is 23.9 Å². The molecule has 52 valence electrons. The molecule has 0 rings (SSSR count). The molecule has 0 saturated carbocycles. The summed E-state index contributed by atoms with van der Waals surface area (Å²) in [4.78, 5) is 0. The second-order valence-corrected chi connectivity index (χ2v) is 1.71. The van der Waals surface area contributed by atoms with Crippen molar-refractivity contribution in [3.63, 3.8) is 0 Å². The van der Waals surface area contributed by atoms with Crippen LogP contribution in [0.3, 0.4) is 0 Å². The number of rotatable bonds is 2. The predicted octanol–water partition coefficient (Wildman–Crippen LogP) is 2.86. The summed E-state index contributed by atoms with van der Waals surface area (Å²) in [5.41, 5.74) is 0. The average Bonchev–Trinajstić information content (AvgIpc) is 1.88. The summed E-state index contributed by atoms with van der Waals surface area (Å²) in [6, 6.07) is 0. The molecule has 0 aliphatic heterocycles. The Bertz CT molecular complexity index is 12.5. The van der Waals surface area contributed by atoms with Gasteiger partial charge in [-0.3, -0.25) is 0 Å². The Labute approximate surface area is 77.4 Å². The van der Waals surface area contributed by atoms with E-state index in [1.807, 2.05) is 0 Å². The maximum atomic E-state index is 3.60. The number of hydrogen-bond acceptors (Lipinski definition) is 0. The van der Waals surface area contributed by atoms with E-state index in [1.54, 1.807) is 0 Å². The van der Waals surface area contributed by atoms with Crippen LogP contribution in [0.1, 0.15) is 39.5 Å². The van der Waals surface area contributed by atoms with E-state index in [0.717, 1.165) is 12.8 Å². The van der Waals surface area contributed by atoms with Crippen molar-refractivity contribution in [1.29, 1.82) is 0 Å². The molecule has 0 radical (unpaired) electrons. The molecule has 0 aromatic heterocycles. The van der Waals surface area contributed by atoms with Crippen molar-refractivity contribution in [2.45, 2.75) is 39.5 Å². The fourth-order valence-electron chi connectivity index (χ4n) is 0. The van der Waals surface area contributed by atoms with Gasteiger partial charge in [-0.15, -0.1) is 0 Å². The molecule has 0 bridgehead atoms. The minimum atomic E-state index is 0. The summed E-state index contributed by atoms with van der Waals surface area (Å²) >= 11 is 0. The van der Waals surface area contributed by atoms with Crippen molar-refractivity contribution < 1.29 is 0 Å². The Morgan fingerprint density at radius 1 is 0.889 bits per heavy atom. The summed E-state index contributed by atoms with van der Waals surface area (Å²) in [5, 5.41) is 0. The summed E-state index contributed by atoms with van der Waals surface area (Å²) < 4.78 is 0. The van der Waals surface area contributed by atoms with E-state index in [2.05, 4.69) is 27.7 Å². The van der Waals surface area contributed by atoms with Crippen LogP contribution < -0.4 is 0 Å². The molecule has 0 amide bonds. The van der Waals surface area contributed by atoms with E-state index in [4.69, 9.17) is 0 Å². The first kappa shape index (κ1) is 16.4. The standard InChI is InChI=1S/2C4H9.Sn/c2*1-3-4-2;/h2*1,3-4H2,2H3;/q2*-1;+4. The van der Waals surface area contributed by atoms with Crippen molar-refractivity contribution in [2.75, 3.05) is 0 Å². The average molecular weight is 233 g/mol.